The van der Waals surface area contributed by atoms with Gasteiger partial charge in [0.2, 0.25) is 0 Å². The standard InChI is InChI=1S/C18H23BrN2O5S/c1-18(2,3)26-17(22)20(4)11-13-9-16(19)21(12-13)27(23,24)15-8-6-7-14(10-15)25-5/h6-10,12H,11H2,1-5H3. The second-order valence-corrected chi connectivity index (χ2v) is 9.61. The van der Waals surface area contributed by atoms with Gasteiger partial charge in [-0.05, 0) is 60.5 Å². The summed E-state index contributed by atoms with van der Waals surface area (Å²) in [7, 11) is -0.744. The maximum Gasteiger partial charge on any atom is 0.410 e. The fraction of sp³-hybridized carbons (Fsp3) is 0.389. The molecule has 0 bridgehead atoms. The summed E-state index contributed by atoms with van der Waals surface area (Å²) in [4.78, 5) is 13.6. The Morgan fingerprint density at radius 3 is 2.52 bits per heavy atom. The molecule has 0 aliphatic heterocycles. The topological polar surface area (TPSA) is 77.8 Å². The van der Waals surface area contributed by atoms with Crippen molar-refractivity contribution in [1.82, 2.24) is 8.87 Å². The van der Waals surface area contributed by atoms with Crippen LogP contribution in [0.1, 0.15) is 26.3 Å². The van der Waals surface area contributed by atoms with Crippen LogP contribution in [0.4, 0.5) is 4.79 Å². The molecule has 0 radical (unpaired) electrons. The number of nitrogens with zero attached hydrogens (tertiary/aromatic N) is 2. The molecule has 0 atom stereocenters. The highest BCUT2D eigenvalue weighted by molar-refractivity contribution is 9.10. The lowest BCUT2D eigenvalue weighted by atomic mass is 10.2. The molecule has 27 heavy (non-hydrogen) atoms. The van der Waals surface area contributed by atoms with E-state index in [0.29, 0.717) is 15.9 Å². The normalized spacial score (nSPS) is 11.9. The molecule has 0 aliphatic carbocycles. The van der Waals surface area contributed by atoms with Crippen molar-refractivity contribution < 1.29 is 22.7 Å². The molecule has 2 rings (SSSR count). The number of hydrogen-bond donors (Lipinski definition) is 0. The average Bonchev–Trinajstić information content (AvgIpc) is 2.94. The highest BCUT2D eigenvalue weighted by Crippen LogP contribution is 2.25. The summed E-state index contributed by atoms with van der Waals surface area (Å²) < 4.78 is 37.7. The summed E-state index contributed by atoms with van der Waals surface area (Å²) in [5.41, 5.74) is 0.0369. The van der Waals surface area contributed by atoms with Crippen LogP contribution in [0.25, 0.3) is 0 Å². The number of hydrogen-bond acceptors (Lipinski definition) is 5. The highest BCUT2D eigenvalue weighted by atomic mass is 79.9. The molecule has 1 aromatic carbocycles. The molecule has 0 fully saturated rings. The Morgan fingerprint density at radius 2 is 1.93 bits per heavy atom. The van der Waals surface area contributed by atoms with Gasteiger partial charge in [0, 0.05) is 19.3 Å². The van der Waals surface area contributed by atoms with Crippen LogP contribution < -0.4 is 4.74 Å². The third-order valence-corrected chi connectivity index (χ3v) is 6.04. The Bertz CT molecular complexity index is 931. The summed E-state index contributed by atoms with van der Waals surface area (Å²) in [6.07, 6.45) is 0.988. The minimum atomic E-state index is -3.81. The van der Waals surface area contributed by atoms with E-state index in [1.54, 1.807) is 46.0 Å². The number of amides is 1. The predicted octanol–water partition coefficient (Wildman–Crippen LogP) is 3.86. The van der Waals surface area contributed by atoms with Crippen LogP contribution in [0.3, 0.4) is 0 Å². The van der Waals surface area contributed by atoms with Gasteiger partial charge in [0.25, 0.3) is 10.0 Å². The lowest BCUT2D eigenvalue weighted by molar-refractivity contribution is 0.0285. The van der Waals surface area contributed by atoms with Crippen molar-refractivity contribution in [1.29, 1.82) is 0 Å². The highest BCUT2D eigenvalue weighted by Gasteiger charge is 2.23. The number of rotatable bonds is 5. The van der Waals surface area contributed by atoms with Crippen molar-refractivity contribution in [2.75, 3.05) is 14.2 Å². The minimum absolute atomic E-state index is 0.102. The molecule has 7 nitrogen and oxygen atoms in total. The van der Waals surface area contributed by atoms with E-state index in [1.807, 2.05) is 0 Å². The number of aromatic nitrogens is 1. The summed E-state index contributed by atoms with van der Waals surface area (Å²) in [5.74, 6) is 0.448. The third-order valence-electron chi connectivity index (χ3n) is 3.52. The van der Waals surface area contributed by atoms with Crippen molar-refractivity contribution in [3.05, 3.63) is 46.7 Å². The van der Waals surface area contributed by atoms with Gasteiger partial charge in [-0.15, -0.1) is 0 Å². The first kappa shape index (κ1) is 21.3. The predicted molar refractivity (Wildman–Crippen MR) is 105 cm³/mol. The Morgan fingerprint density at radius 1 is 1.26 bits per heavy atom. The molecular formula is C18H23BrN2O5S. The second kappa shape index (κ2) is 7.93. The molecule has 148 valence electrons. The van der Waals surface area contributed by atoms with Gasteiger partial charge >= 0.3 is 6.09 Å². The largest absolute Gasteiger partial charge is 0.497 e. The first-order valence-electron chi connectivity index (χ1n) is 8.14. The summed E-state index contributed by atoms with van der Waals surface area (Å²) in [5, 5.41) is 0. The third kappa shape index (κ3) is 5.26. The summed E-state index contributed by atoms with van der Waals surface area (Å²) >= 11 is 3.28. The number of carbonyl (C=O) groups is 1. The summed E-state index contributed by atoms with van der Waals surface area (Å²) in [6, 6.07) is 7.88. The second-order valence-electron chi connectivity index (χ2n) is 6.99. The summed E-state index contributed by atoms with van der Waals surface area (Å²) in [6.45, 7) is 5.56. The fourth-order valence-electron chi connectivity index (χ4n) is 2.29. The maximum atomic E-state index is 12.9. The van der Waals surface area contributed by atoms with Crippen molar-refractivity contribution in [3.63, 3.8) is 0 Å². The molecule has 0 saturated heterocycles. The molecule has 0 N–H and O–H groups in total. The molecule has 2 aromatic rings. The van der Waals surface area contributed by atoms with Crippen molar-refractivity contribution in [3.8, 4) is 5.75 Å². The van der Waals surface area contributed by atoms with Gasteiger partial charge in [0.05, 0.1) is 18.6 Å². The molecule has 1 heterocycles. The van der Waals surface area contributed by atoms with Crippen LogP contribution in [0, 0.1) is 0 Å². The van der Waals surface area contributed by atoms with Crippen LogP contribution in [0.2, 0.25) is 0 Å². The van der Waals surface area contributed by atoms with Crippen LogP contribution in [0.5, 0.6) is 5.75 Å². The first-order valence-corrected chi connectivity index (χ1v) is 10.4. The van der Waals surface area contributed by atoms with Gasteiger partial charge < -0.3 is 14.4 Å². The van der Waals surface area contributed by atoms with Gasteiger partial charge in [0.15, 0.2) is 0 Å². The average molecular weight is 459 g/mol. The lowest BCUT2D eigenvalue weighted by Crippen LogP contribution is -2.33. The van der Waals surface area contributed by atoms with Crippen LogP contribution >= 0.6 is 15.9 Å². The monoisotopic (exact) mass is 458 g/mol. The maximum absolute atomic E-state index is 12.9. The van der Waals surface area contributed by atoms with Gasteiger partial charge in [-0.3, -0.25) is 0 Å². The number of carbonyl (C=O) groups excluding carboxylic acids is 1. The Hall–Kier alpha value is -2.00. The Kier molecular flexibility index (Phi) is 6.26. The zero-order chi connectivity index (χ0) is 20.4. The fourth-order valence-corrected chi connectivity index (χ4v) is 4.56. The molecule has 1 amide bonds. The van der Waals surface area contributed by atoms with Crippen LogP contribution in [-0.4, -0.2) is 43.1 Å². The van der Waals surface area contributed by atoms with Gasteiger partial charge in [-0.2, -0.15) is 0 Å². The number of halogens is 1. The molecule has 0 aliphatic rings. The first-order chi connectivity index (χ1) is 12.4. The molecule has 0 saturated carbocycles. The lowest BCUT2D eigenvalue weighted by Gasteiger charge is -2.24. The molecule has 1 aromatic heterocycles. The molecular weight excluding hydrogens is 436 g/mol. The van der Waals surface area contributed by atoms with Gasteiger partial charge in [-0.1, -0.05) is 6.07 Å². The van der Waals surface area contributed by atoms with Crippen LogP contribution in [0.15, 0.2) is 46.0 Å². The van der Waals surface area contributed by atoms with E-state index in [2.05, 4.69) is 15.9 Å². The molecule has 9 heteroatoms. The molecule has 0 spiro atoms. The van der Waals surface area contributed by atoms with Crippen LogP contribution in [-0.2, 0) is 21.3 Å². The molecule has 0 unspecified atom stereocenters. The minimum Gasteiger partial charge on any atom is -0.497 e. The van der Waals surface area contributed by atoms with E-state index in [0.717, 1.165) is 3.97 Å². The van der Waals surface area contributed by atoms with E-state index in [1.165, 1.54) is 30.3 Å². The van der Waals surface area contributed by atoms with E-state index < -0.39 is 21.7 Å². The number of benzene rings is 1. The van der Waals surface area contributed by atoms with Gasteiger partial charge in [-0.25, -0.2) is 17.2 Å². The quantitative estimate of drug-likeness (QED) is 0.679. The van der Waals surface area contributed by atoms with E-state index >= 15 is 0 Å². The zero-order valence-corrected chi connectivity index (χ0v) is 18.3. The van der Waals surface area contributed by atoms with E-state index in [-0.39, 0.29) is 11.4 Å². The SMILES string of the molecule is COc1cccc(S(=O)(=O)n2cc(CN(C)C(=O)OC(C)(C)C)cc2Br)c1. The number of methoxy groups -OCH3 is 1. The Balaban J connectivity index is 2.26. The van der Waals surface area contributed by atoms with Crippen molar-refractivity contribution in [2.24, 2.45) is 0 Å². The van der Waals surface area contributed by atoms with Gasteiger partial charge in [0.1, 0.15) is 16.0 Å². The number of ether oxygens (including phenoxy) is 2. The zero-order valence-electron chi connectivity index (χ0n) is 15.9. The van der Waals surface area contributed by atoms with E-state index in [4.69, 9.17) is 9.47 Å². The Labute approximate surface area is 168 Å². The van der Waals surface area contributed by atoms with E-state index in [9.17, 15) is 13.2 Å². The van der Waals surface area contributed by atoms with Crippen molar-refractivity contribution in [2.45, 2.75) is 37.8 Å². The van der Waals surface area contributed by atoms with Crippen molar-refractivity contribution >= 4 is 32.0 Å². The smallest absolute Gasteiger partial charge is 0.410 e.